The maximum absolute atomic E-state index is 13.4. The Morgan fingerprint density at radius 1 is 1.03 bits per heavy atom. The van der Waals surface area contributed by atoms with E-state index < -0.39 is 17.3 Å². The third kappa shape index (κ3) is 5.55. The minimum absolute atomic E-state index is 0.0245. The molecule has 1 aliphatic rings. The average molecular weight is 514 g/mol. The van der Waals surface area contributed by atoms with Gasteiger partial charge in [0.25, 0.3) is 5.91 Å². The number of carbonyl (C=O) groups is 1. The molecule has 6 nitrogen and oxygen atoms in total. The molecule has 0 unspecified atom stereocenters. The summed E-state index contributed by atoms with van der Waals surface area (Å²) in [6, 6.07) is 12.2. The highest BCUT2D eigenvalue weighted by atomic mass is 19.4. The highest BCUT2D eigenvalue weighted by molar-refractivity contribution is 5.96. The highest BCUT2D eigenvalue weighted by Gasteiger charge is 2.33. The van der Waals surface area contributed by atoms with Crippen LogP contribution in [0.15, 0.2) is 53.3 Å². The maximum atomic E-state index is 13.4. The number of rotatable bonds is 8. The van der Waals surface area contributed by atoms with E-state index in [0.717, 1.165) is 36.1 Å². The van der Waals surface area contributed by atoms with Crippen molar-refractivity contribution in [1.29, 1.82) is 0 Å². The quantitative estimate of drug-likeness (QED) is 0.370. The molecule has 0 fully saturated rings. The summed E-state index contributed by atoms with van der Waals surface area (Å²) < 4.78 is 46.7. The number of nitrogens with zero attached hydrogens (tertiary/aromatic N) is 3. The van der Waals surface area contributed by atoms with Crippen LogP contribution in [0.1, 0.15) is 61.1 Å². The van der Waals surface area contributed by atoms with E-state index in [1.807, 2.05) is 39.0 Å². The van der Waals surface area contributed by atoms with Gasteiger partial charge < -0.3 is 14.2 Å². The van der Waals surface area contributed by atoms with Crippen LogP contribution in [0.25, 0.3) is 11.1 Å². The average Bonchev–Trinajstić information content (AvgIpc) is 2.86. The lowest BCUT2D eigenvalue weighted by Crippen LogP contribution is -2.46. The van der Waals surface area contributed by atoms with E-state index >= 15 is 0 Å². The summed E-state index contributed by atoms with van der Waals surface area (Å²) in [7, 11) is 0. The first-order valence-electron chi connectivity index (χ1n) is 12.4. The van der Waals surface area contributed by atoms with Crippen LogP contribution < -0.4 is 10.3 Å². The van der Waals surface area contributed by atoms with Crippen molar-refractivity contribution in [3.8, 4) is 16.9 Å². The van der Waals surface area contributed by atoms with Gasteiger partial charge in [0.15, 0.2) is 5.69 Å². The fourth-order valence-corrected chi connectivity index (χ4v) is 4.52. The van der Waals surface area contributed by atoms with Crippen LogP contribution in [-0.4, -0.2) is 39.6 Å². The first-order valence-corrected chi connectivity index (χ1v) is 12.4. The van der Waals surface area contributed by atoms with E-state index in [4.69, 9.17) is 4.74 Å². The van der Waals surface area contributed by atoms with Crippen molar-refractivity contribution in [2.24, 2.45) is 0 Å². The molecule has 3 aromatic rings. The van der Waals surface area contributed by atoms with Gasteiger partial charge in [0, 0.05) is 25.6 Å². The second-order valence-electron chi connectivity index (χ2n) is 9.37. The van der Waals surface area contributed by atoms with Crippen LogP contribution in [0.2, 0.25) is 0 Å². The molecule has 196 valence electrons. The van der Waals surface area contributed by atoms with Crippen LogP contribution >= 0.6 is 0 Å². The zero-order valence-electron chi connectivity index (χ0n) is 21.1. The van der Waals surface area contributed by atoms with Crippen LogP contribution in [0.4, 0.5) is 13.2 Å². The summed E-state index contributed by atoms with van der Waals surface area (Å²) in [5.41, 5.74) is 1.02. The predicted octanol–water partition coefficient (Wildman–Crippen LogP) is 5.56. The topological polar surface area (TPSA) is 64.4 Å². The van der Waals surface area contributed by atoms with E-state index in [1.165, 1.54) is 12.1 Å². The molecule has 0 aliphatic carbocycles. The summed E-state index contributed by atoms with van der Waals surface area (Å²) in [6.45, 7) is 7.08. The lowest BCUT2D eigenvalue weighted by Gasteiger charge is -2.34. The Kier molecular flexibility index (Phi) is 7.71. The van der Waals surface area contributed by atoms with Gasteiger partial charge in [0.1, 0.15) is 5.82 Å². The van der Waals surface area contributed by atoms with Crippen molar-refractivity contribution in [2.75, 3.05) is 13.2 Å². The fraction of sp³-hybridized carbons (Fsp3) is 0.393. The van der Waals surface area contributed by atoms with Crippen molar-refractivity contribution >= 4 is 5.91 Å². The molecule has 0 atom stereocenters. The second-order valence-corrected chi connectivity index (χ2v) is 9.37. The zero-order valence-corrected chi connectivity index (χ0v) is 21.1. The number of hydrogen-bond acceptors (Lipinski definition) is 4. The van der Waals surface area contributed by atoms with Gasteiger partial charge in [-0.05, 0) is 49.1 Å². The molecule has 1 aliphatic heterocycles. The molecule has 0 radical (unpaired) electrons. The van der Waals surface area contributed by atoms with Gasteiger partial charge in [-0.15, -0.1) is 0 Å². The second kappa shape index (κ2) is 10.8. The van der Waals surface area contributed by atoms with Gasteiger partial charge in [-0.2, -0.15) is 18.2 Å². The Balaban J connectivity index is 1.76. The molecule has 4 rings (SSSR count). The Hall–Kier alpha value is -3.62. The smallest absolute Gasteiger partial charge is 0.416 e. The predicted molar refractivity (Wildman–Crippen MR) is 135 cm³/mol. The number of aromatic nitrogens is 2. The lowest BCUT2D eigenvalue weighted by molar-refractivity contribution is -0.137. The first kappa shape index (κ1) is 26.4. The molecule has 0 spiro atoms. The summed E-state index contributed by atoms with van der Waals surface area (Å²) >= 11 is 0. The van der Waals surface area contributed by atoms with Gasteiger partial charge in [-0.25, -0.2) is 0 Å². The molecule has 37 heavy (non-hydrogen) atoms. The van der Waals surface area contributed by atoms with Crippen molar-refractivity contribution < 1.29 is 22.7 Å². The van der Waals surface area contributed by atoms with Crippen molar-refractivity contribution in [1.82, 2.24) is 14.5 Å². The minimum Gasteiger partial charge on any atom is -0.486 e. The number of carbonyl (C=O) groups excluding carboxylic acids is 1. The molecule has 0 saturated heterocycles. The lowest BCUT2D eigenvalue weighted by atomic mass is 9.96. The number of unbranched alkanes of at least 4 members (excludes halogenated alkanes) is 1. The number of alkyl halides is 3. The number of hydrogen-bond donors (Lipinski definition) is 0. The molecule has 0 saturated carbocycles. The molecule has 2 aromatic carbocycles. The summed E-state index contributed by atoms with van der Waals surface area (Å²) in [5.74, 6) is 0.118. The molecule has 1 amide bonds. The van der Waals surface area contributed by atoms with Crippen LogP contribution in [0.5, 0.6) is 5.75 Å². The van der Waals surface area contributed by atoms with Gasteiger partial charge in [0.2, 0.25) is 5.75 Å². The summed E-state index contributed by atoms with van der Waals surface area (Å²) in [6.07, 6.45) is -2.58. The third-order valence-electron chi connectivity index (χ3n) is 6.51. The Bertz CT molecular complexity index is 1330. The molecule has 0 bridgehead atoms. The largest absolute Gasteiger partial charge is 0.486 e. The number of benzene rings is 2. The van der Waals surface area contributed by atoms with Gasteiger partial charge in [-0.1, -0.05) is 49.7 Å². The van der Waals surface area contributed by atoms with Crippen molar-refractivity contribution in [3.63, 3.8) is 0 Å². The Labute approximate surface area is 213 Å². The fourth-order valence-electron chi connectivity index (χ4n) is 4.52. The molecule has 1 aromatic heterocycles. The Morgan fingerprint density at radius 3 is 2.38 bits per heavy atom. The maximum Gasteiger partial charge on any atom is 0.416 e. The van der Waals surface area contributed by atoms with Gasteiger partial charge >= 0.3 is 11.7 Å². The molecule has 9 heteroatoms. The number of ether oxygens (including phenoxy) is 1. The van der Waals surface area contributed by atoms with E-state index in [0.29, 0.717) is 31.1 Å². The van der Waals surface area contributed by atoms with Crippen LogP contribution in [0, 0.1) is 0 Å². The van der Waals surface area contributed by atoms with Crippen molar-refractivity contribution in [2.45, 2.75) is 58.8 Å². The number of fused-ring (bicyclic) bond motifs is 1. The number of halogens is 3. The SMILES string of the molecule is CCCCOc1c2n(c(Cc3ccccc3-c3ccc(C(F)(F)F)cc3)nc1=O)CCN(C(C)C)C2=O. The standard InChI is InChI=1S/C28H30F3N3O3/c1-4-5-16-37-25-24-27(36)33(18(2)3)14-15-34(24)23(32-26(25)35)17-20-8-6-7-9-22(20)19-10-12-21(13-11-19)28(29,30)31/h6-13,18H,4-5,14-17H2,1-3H3. The van der Waals surface area contributed by atoms with Crippen LogP contribution in [-0.2, 0) is 19.1 Å². The van der Waals surface area contributed by atoms with E-state index in [9.17, 15) is 22.8 Å². The molecular formula is C28H30F3N3O3. The summed E-state index contributed by atoms with van der Waals surface area (Å²) in [4.78, 5) is 32.5. The van der Waals surface area contributed by atoms with Crippen molar-refractivity contribution in [3.05, 3.63) is 81.5 Å². The molecular weight excluding hydrogens is 483 g/mol. The van der Waals surface area contributed by atoms with Crippen LogP contribution in [0.3, 0.4) is 0 Å². The minimum atomic E-state index is -4.42. The number of amides is 1. The van der Waals surface area contributed by atoms with E-state index in [1.54, 1.807) is 15.5 Å². The van der Waals surface area contributed by atoms with E-state index in [-0.39, 0.29) is 29.8 Å². The summed E-state index contributed by atoms with van der Waals surface area (Å²) in [5, 5.41) is 0. The molecule has 2 heterocycles. The third-order valence-corrected chi connectivity index (χ3v) is 6.51. The van der Waals surface area contributed by atoms with E-state index in [2.05, 4.69) is 4.98 Å². The highest BCUT2D eigenvalue weighted by Crippen LogP contribution is 2.33. The zero-order chi connectivity index (χ0) is 26.7. The Morgan fingerprint density at radius 2 is 1.73 bits per heavy atom. The van der Waals surface area contributed by atoms with Gasteiger partial charge in [-0.3, -0.25) is 9.59 Å². The molecule has 0 N–H and O–H groups in total. The normalized spacial score (nSPS) is 13.7. The monoisotopic (exact) mass is 513 g/mol. The van der Waals surface area contributed by atoms with Gasteiger partial charge in [0.05, 0.1) is 12.2 Å². The first-order chi connectivity index (χ1) is 17.6.